The minimum Gasteiger partial charge on any atom is -0.444 e. The number of aryl methyl sites for hydroxylation is 1. The van der Waals surface area contributed by atoms with Crippen LogP contribution in [0.5, 0.6) is 0 Å². The number of likely N-dealkylation sites (tertiary alicyclic amines) is 1. The topological polar surface area (TPSA) is 53.1 Å². The number of carbonyl (C=O) groups excluding carboxylic acids is 2. The van der Waals surface area contributed by atoms with Gasteiger partial charge in [-0.3, -0.25) is 4.79 Å². The SMILES string of the molecule is Cc1cc(N2C[C@@H]3C[C@H]2CN3C(=O)OC(C)(C)C)ccc1C(=O)/C=C/N(C)C. The van der Waals surface area contributed by atoms with Gasteiger partial charge in [-0.1, -0.05) is 0 Å². The maximum atomic E-state index is 12.4. The van der Waals surface area contributed by atoms with Crippen LogP contribution in [0.15, 0.2) is 30.5 Å². The summed E-state index contributed by atoms with van der Waals surface area (Å²) < 4.78 is 5.54. The maximum absolute atomic E-state index is 12.4. The van der Waals surface area contributed by atoms with Gasteiger partial charge in [-0.2, -0.15) is 0 Å². The molecule has 2 fully saturated rings. The number of rotatable bonds is 4. The number of piperazine rings is 1. The Hall–Kier alpha value is -2.50. The molecule has 0 radical (unpaired) electrons. The summed E-state index contributed by atoms with van der Waals surface area (Å²) in [5.74, 6) is 0.0109. The highest BCUT2D eigenvalue weighted by atomic mass is 16.6. The molecule has 2 atom stereocenters. The molecule has 1 aromatic rings. The molecule has 1 aromatic carbocycles. The molecule has 28 heavy (non-hydrogen) atoms. The predicted octanol–water partition coefficient (Wildman–Crippen LogP) is 3.45. The van der Waals surface area contributed by atoms with E-state index in [2.05, 4.69) is 11.0 Å². The third-order valence-electron chi connectivity index (χ3n) is 5.20. The van der Waals surface area contributed by atoms with Crippen molar-refractivity contribution in [2.45, 2.75) is 51.8 Å². The molecule has 6 nitrogen and oxygen atoms in total. The quantitative estimate of drug-likeness (QED) is 0.587. The second-order valence-electron chi connectivity index (χ2n) is 8.97. The molecule has 0 aromatic heterocycles. The molecule has 2 aliphatic rings. The average Bonchev–Trinajstić information content (AvgIpc) is 3.18. The number of allylic oxidation sites excluding steroid dienone is 1. The Labute approximate surface area is 167 Å². The van der Waals surface area contributed by atoms with E-state index in [1.165, 1.54) is 0 Å². The molecule has 0 aliphatic carbocycles. The normalized spacial score (nSPS) is 21.5. The maximum Gasteiger partial charge on any atom is 0.410 e. The van der Waals surface area contributed by atoms with Crippen LogP contribution in [-0.2, 0) is 4.74 Å². The number of nitrogens with zero attached hydrogens (tertiary/aromatic N) is 3. The van der Waals surface area contributed by atoms with Crippen molar-refractivity contribution in [2.75, 3.05) is 32.1 Å². The zero-order valence-electron chi connectivity index (χ0n) is 17.7. The number of amides is 1. The number of fused-ring (bicyclic) bond motifs is 2. The first-order chi connectivity index (χ1) is 13.0. The van der Waals surface area contributed by atoms with Crippen LogP contribution in [0.3, 0.4) is 0 Å². The van der Waals surface area contributed by atoms with E-state index in [1.54, 1.807) is 12.3 Å². The summed E-state index contributed by atoms with van der Waals surface area (Å²) in [5.41, 5.74) is 2.33. The summed E-state index contributed by atoms with van der Waals surface area (Å²) in [6.07, 6.45) is 4.10. The fourth-order valence-corrected chi connectivity index (χ4v) is 3.94. The number of carbonyl (C=O) groups is 2. The Kier molecular flexibility index (Phi) is 5.41. The van der Waals surface area contributed by atoms with E-state index in [4.69, 9.17) is 4.74 Å². The van der Waals surface area contributed by atoms with Crippen LogP contribution in [0.1, 0.15) is 43.1 Å². The van der Waals surface area contributed by atoms with Crippen molar-refractivity contribution in [2.24, 2.45) is 0 Å². The zero-order chi connectivity index (χ0) is 20.6. The van der Waals surface area contributed by atoms with Crippen LogP contribution in [-0.4, -0.2) is 66.5 Å². The van der Waals surface area contributed by atoms with E-state index < -0.39 is 5.60 Å². The predicted molar refractivity (Wildman–Crippen MR) is 111 cm³/mol. The smallest absolute Gasteiger partial charge is 0.410 e. The van der Waals surface area contributed by atoms with E-state index in [0.29, 0.717) is 12.6 Å². The second kappa shape index (κ2) is 7.49. The molecule has 2 heterocycles. The Bertz CT molecular complexity index is 795. The molecule has 2 saturated heterocycles. The second-order valence-corrected chi connectivity index (χ2v) is 8.97. The summed E-state index contributed by atoms with van der Waals surface area (Å²) in [5, 5.41) is 0. The minimum atomic E-state index is -0.473. The lowest BCUT2D eigenvalue weighted by Crippen LogP contribution is -2.50. The molecule has 3 rings (SSSR count). The van der Waals surface area contributed by atoms with Crippen LogP contribution in [0.2, 0.25) is 0 Å². The van der Waals surface area contributed by atoms with Crippen LogP contribution in [0.4, 0.5) is 10.5 Å². The van der Waals surface area contributed by atoms with E-state index in [0.717, 1.165) is 29.8 Å². The van der Waals surface area contributed by atoms with Gasteiger partial charge in [0.2, 0.25) is 0 Å². The van der Waals surface area contributed by atoms with Gasteiger partial charge in [-0.15, -0.1) is 0 Å². The van der Waals surface area contributed by atoms with Gasteiger partial charge >= 0.3 is 6.09 Å². The van der Waals surface area contributed by atoms with Crippen LogP contribution < -0.4 is 4.90 Å². The largest absolute Gasteiger partial charge is 0.444 e. The molecule has 1 amide bonds. The first-order valence-corrected chi connectivity index (χ1v) is 9.81. The van der Waals surface area contributed by atoms with Crippen molar-refractivity contribution in [3.8, 4) is 0 Å². The lowest BCUT2D eigenvalue weighted by molar-refractivity contribution is 0.0214. The van der Waals surface area contributed by atoms with Gasteiger partial charge in [0.25, 0.3) is 0 Å². The van der Waals surface area contributed by atoms with Gasteiger partial charge in [-0.05, 0) is 57.9 Å². The van der Waals surface area contributed by atoms with Crippen molar-refractivity contribution in [3.05, 3.63) is 41.6 Å². The molecular weight excluding hydrogens is 354 g/mol. The third-order valence-corrected chi connectivity index (χ3v) is 5.20. The monoisotopic (exact) mass is 385 g/mol. The molecule has 0 spiro atoms. The van der Waals surface area contributed by atoms with E-state index in [-0.39, 0.29) is 17.9 Å². The van der Waals surface area contributed by atoms with Gasteiger partial charge in [0.1, 0.15) is 5.60 Å². The minimum absolute atomic E-state index is 0.0109. The number of benzene rings is 1. The van der Waals surface area contributed by atoms with Gasteiger partial charge in [0.15, 0.2) is 5.78 Å². The van der Waals surface area contributed by atoms with Crippen molar-refractivity contribution in [1.29, 1.82) is 0 Å². The first-order valence-electron chi connectivity index (χ1n) is 9.81. The van der Waals surface area contributed by atoms with Gasteiger partial charge in [0.05, 0.1) is 6.04 Å². The highest BCUT2D eigenvalue weighted by molar-refractivity contribution is 6.05. The Morgan fingerprint density at radius 1 is 1.18 bits per heavy atom. The number of hydrogen-bond donors (Lipinski definition) is 0. The van der Waals surface area contributed by atoms with Crippen LogP contribution in [0, 0.1) is 6.92 Å². The summed E-state index contributed by atoms with van der Waals surface area (Å²) in [7, 11) is 3.78. The molecular formula is C22H31N3O3. The van der Waals surface area contributed by atoms with Crippen molar-refractivity contribution in [3.63, 3.8) is 0 Å². The molecule has 0 N–H and O–H groups in total. The van der Waals surface area contributed by atoms with Gasteiger partial charge in [-0.25, -0.2) is 4.79 Å². The fraction of sp³-hybridized carbons (Fsp3) is 0.545. The molecule has 152 valence electrons. The Balaban J connectivity index is 1.68. The van der Waals surface area contributed by atoms with Gasteiger partial charge < -0.3 is 19.4 Å². The van der Waals surface area contributed by atoms with Crippen molar-refractivity contribution >= 4 is 17.6 Å². The van der Waals surface area contributed by atoms with Crippen LogP contribution in [0.25, 0.3) is 0 Å². The molecule has 0 unspecified atom stereocenters. The molecule has 2 bridgehead atoms. The highest BCUT2D eigenvalue weighted by Crippen LogP contribution is 2.36. The average molecular weight is 386 g/mol. The fourth-order valence-electron chi connectivity index (χ4n) is 3.94. The zero-order valence-corrected chi connectivity index (χ0v) is 17.7. The number of ether oxygens (including phenoxy) is 1. The van der Waals surface area contributed by atoms with Crippen LogP contribution >= 0.6 is 0 Å². The third kappa shape index (κ3) is 4.32. The lowest BCUT2D eigenvalue weighted by Gasteiger charge is -2.36. The highest BCUT2D eigenvalue weighted by Gasteiger charge is 2.46. The summed E-state index contributed by atoms with van der Waals surface area (Å²) in [6.45, 7) is 9.14. The number of ketones is 1. The van der Waals surface area contributed by atoms with E-state index in [1.807, 2.05) is 63.7 Å². The van der Waals surface area contributed by atoms with E-state index >= 15 is 0 Å². The number of anilines is 1. The molecule has 0 saturated carbocycles. The van der Waals surface area contributed by atoms with Crippen molar-refractivity contribution in [1.82, 2.24) is 9.80 Å². The Morgan fingerprint density at radius 3 is 2.43 bits per heavy atom. The number of hydrogen-bond acceptors (Lipinski definition) is 5. The summed E-state index contributed by atoms with van der Waals surface area (Å²) in [4.78, 5) is 30.9. The Morgan fingerprint density at radius 2 is 1.89 bits per heavy atom. The lowest BCUT2D eigenvalue weighted by atomic mass is 10.0. The summed E-state index contributed by atoms with van der Waals surface area (Å²) >= 11 is 0. The standard InChI is InChI=1S/C22H31N3O3/c1-15-11-16(7-8-19(15)20(26)9-10-23(5)6)24-13-18-12-17(24)14-25(18)21(27)28-22(2,3)4/h7-11,17-18H,12-14H2,1-6H3/b10-9+/t17-,18-/m0/s1. The van der Waals surface area contributed by atoms with Gasteiger partial charge in [0, 0.05) is 56.8 Å². The first kappa shape index (κ1) is 20.2. The summed E-state index contributed by atoms with van der Waals surface area (Å²) in [6, 6.07) is 6.49. The molecule has 2 aliphatic heterocycles. The van der Waals surface area contributed by atoms with E-state index in [9.17, 15) is 9.59 Å². The molecule has 6 heteroatoms. The van der Waals surface area contributed by atoms with Crippen molar-refractivity contribution < 1.29 is 14.3 Å².